The van der Waals surface area contributed by atoms with Gasteiger partial charge in [-0.2, -0.15) is 5.10 Å². The van der Waals surface area contributed by atoms with Gasteiger partial charge in [-0.15, -0.1) is 0 Å². The summed E-state index contributed by atoms with van der Waals surface area (Å²) >= 11 is 0. The molecular weight excluding hydrogens is 206 g/mol. The van der Waals surface area contributed by atoms with E-state index < -0.39 is 5.97 Å². The molecule has 4 N–H and O–H groups in total. The minimum atomic E-state index is -0.834. The number of nitrogens with zero attached hydrogens (tertiary/aromatic N) is 1. The fourth-order valence-corrected chi connectivity index (χ4v) is 1.69. The summed E-state index contributed by atoms with van der Waals surface area (Å²) in [4.78, 5) is 10.5. The molecule has 1 aromatic carbocycles. The summed E-state index contributed by atoms with van der Waals surface area (Å²) < 4.78 is 0. The topological polar surface area (TPSA) is 92.0 Å². The predicted octanol–water partition coefficient (Wildman–Crippen LogP) is 1.43. The van der Waals surface area contributed by atoms with Gasteiger partial charge in [-0.05, 0) is 12.5 Å². The number of H-pyrrole nitrogens is 1. The highest BCUT2D eigenvalue weighted by Gasteiger charge is 2.13. The van der Waals surface area contributed by atoms with E-state index in [1.165, 1.54) is 0 Å². The number of aliphatic carboxylic acids is 1. The van der Waals surface area contributed by atoms with Crippen LogP contribution in [0.4, 0.5) is 0 Å². The summed E-state index contributed by atoms with van der Waals surface area (Å²) in [7, 11) is 0. The van der Waals surface area contributed by atoms with Crippen molar-refractivity contribution in [1.29, 1.82) is 0 Å². The number of carboxylic acids is 1. The minimum absolute atomic E-state index is 0.0640. The van der Waals surface area contributed by atoms with Crippen LogP contribution in [0.2, 0.25) is 0 Å². The van der Waals surface area contributed by atoms with Crippen molar-refractivity contribution in [2.24, 2.45) is 5.73 Å². The Bertz CT molecular complexity index is 507. The molecule has 0 fully saturated rings. The predicted molar refractivity (Wildman–Crippen MR) is 59.9 cm³/mol. The number of nitrogens with two attached hydrogens (primary N) is 1. The molecular formula is C11H13N3O2. The molecule has 84 valence electrons. The minimum Gasteiger partial charge on any atom is -0.481 e. The van der Waals surface area contributed by atoms with E-state index >= 15 is 0 Å². The summed E-state index contributed by atoms with van der Waals surface area (Å²) in [6.07, 6.45) is 0.468. The van der Waals surface area contributed by atoms with Crippen molar-refractivity contribution in [3.05, 3.63) is 30.0 Å². The van der Waals surface area contributed by atoms with Crippen LogP contribution in [0.25, 0.3) is 10.9 Å². The number of benzene rings is 1. The Morgan fingerprint density at radius 2 is 2.25 bits per heavy atom. The summed E-state index contributed by atoms with van der Waals surface area (Å²) in [6, 6.07) is 7.30. The molecule has 0 saturated heterocycles. The Balaban J connectivity index is 2.22. The van der Waals surface area contributed by atoms with Crippen molar-refractivity contribution in [2.45, 2.75) is 18.9 Å². The van der Waals surface area contributed by atoms with Gasteiger partial charge >= 0.3 is 5.97 Å². The third kappa shape index (κ3) is 2.04. The van der Waals surface area contributed by atoms with E-state index in [9.17, 15) is 4.79 Å². The van der Waals surface area contributed by atoms with E-state index in [1.807, 2.05) is 24.3 Å². The first-order valence-corrected chi connectivity index (χ1v) is 5.09. The van der Waals surface area contributed by atoms with Gasteiger partial charge in [0.15, 0.2) is 0 Å². The average molecular weight is 219 g/mol. The molecule has 1 atom stereocenters. The number of aromatic amines is 1. The average Bonchev–Trinajstić information content (AvgIpc) is 2.69. The second kappa shape index (κ2) is 4.32. The van der Waals surface area contributed by atoms with E-state index in [1.54, 1.807) is 0 Å². The second-order valence-corrected chi connectivity index (χ2v) is 3.69. The van der Waals surface area contributed by atoms with Gasteiger partial charge in [0.25, 0.3) is 0 Å². The number of carbonyl (C=O) groups is 1. The Morgan fingerprint density at radius 1 is 1.50 bits per heavy atom. The van der Waals surface area contributed by atoms with Crippen LogP contribution < -0.4 is 5.73 Å². The zero-order chi connectivity index (χ0) is 11.5. The highest BCUT2D eigenvalue weighted by Crippen LogP contribution is 2.22. The molecule has 0 radical (unpaired) electrons. The standard InChI is InChI=1S/C11H13N3O2/c12-8(5-6-10(15)16)11-7-3-1-2-4-9(7)13-14-11/h1-4,8H,5-6,12H2,(H,13,14)(H,15,16). The van der Waals surface area contributed by atoms with E-state index in [2.05, 4.69) is 10.2 Å². The molecule has 1 heterocycles. The number of carboxylic acid groups (broad SMARTS) is 1. The van der Waals surface area contributed by atoms with Crippen LogP contribution in [-0.4, -0.2) is 21.3 Å². The van der Waals surface area contributed by atoms with Gasteiger partial charge in [0.2, 0.25) is 0 Å². The molecule has 2 aromatic rings. The van der Waals surface area contributed by atoms with Crippen LogP contribution in [0.3, 0.4) is 0 Å². The maximum atomic E-state index is 10.5. The molecule has 1 unspecified atom stereocenters. The smallest absolute Gasteiger partial charge is 0.303 e. The van der Waals surface area contributed by atoms with Gasteiger partial charge < -0.3 is 10.8 Å². The van der Waals surface area contributed by atoms with Crippen molar-refractivity contribution in [3.63, 3.8) is 0 Å². The summed E-state index contributed by atoms with van der Waals surface area (Å²) in [6.45, 7) is 0. The first-order valence-electron chi connectivity index (χ1n) is 5.09. The number of fused-ring (bicyclic) bond motifs is 1. The zero-order valence-corrected chi connectivity index (χ0v) is 8.68. The molecule has 0 saturated carbocycles. The summed E-state index contributed by atoms with van der Waals surface area (Å²) in [5.41, 5.74) is 7.57. The highest BCUT2D eigenvalue weighted by molar-refractivity contribution is 5.81. The van der Waals surface area contributed by atoms with Gasteiger partial charge in [0, 0.05) is 17.8 Å². The summed E-state index contributed by atoms with van der Waals surface area (Å²) in [5.74, 6) is -0.834. The van der Waals surface area contributed by atoms with Crippen LogP contribution in [0.15, 0.2) is 24.3 Å². The Morgan fingerprint density at radius 3 is 3.00 bits per heavy atom. The number of para-hydroxylation sites is 1. The largest absolute Gasteiger partial charge is 0.481 e. The van der Waals surface area contributed by atoms with E-state index in [0.717, 1.165) is 16.6 Å². The highest BCUT2D eigenvalue weighted by atomic mass is 16.4. The van der Waals surface area contributed by atoms with Crippen molar-refractivity contribution < 1.29 is 9.90 Å². The van der Waals surface area contributed by atoms with Crippen LogP contribution in [0.5, 0.6) is 0 Å². The lowest BCUT2D eigenvalue weighted by atomic mass is 10.1. The SMILES string of the molecule is NC(CCC(=O)O)c1[nH]nc2ccccc12. The van der Waals surface area contributed by atoms with Crippen LogP contribution >= 0.6 is 0 Å². The third-order valence-corrected chi connectivity index (χ3v) is 2.53. The number of rotatable bonds is 4. The van der Waals surface area contributed by atoms with Gasteiger partial charge in [-0.25, -0.2) is 0 Å². The van der Waals surface area contributed by atoms with Crippen LogP contribution in [-0.2, 0) is 4.79 Å². The zero-order valence-electron chi connectivity index (χ0n) is 8.68. The number of aromatic nitrogens is 2. The molecule has 0 aliphatic carbocycles. The van der Waals surface area contributed by atoms with E-state index in [0.29, 0.717) is 6.42 Å². The molecule has 0 aliphatic rings. The molecule has 0 aliphatic heterocycles. The molecule has 1 aromatic heterocycles. The number of hydrogen-bond donors (Lipinski definition) is 3. The van der Waals surface area contributed by atoms with E-state index in [-0.39, 0.29) is 12.5 Å². The van der Waals surface area contributed by atoms with Crippen LogP contribution in [0, 0.1) is 0 Å². The molecule has 5 heteroatoms. The van der Waals surface area contributed by atoms with E-state index in [4.69, 9.17) is 10.8 Å². The molecule has 2 rings (SSSR count). The fraction of sp³-hybridized carbons (Fsp3) is 0.273. The first-order chi connectivity index (χ1) is 7.68. The summed E-state index contributed by atoms with van der Waals surface area (Å²) in [5, 5.41) is 16.5. The lowest BCUT2D eigenvalue weighted by molar-refractivity contribution is -0.137. The maximum Gasteiger partial charge on any atom is 0.303 e. The molecule has 0 amide bonds. The molecule has 0 spiro atoms. The van der Waals surface area contributed by atoms with Crippen molar-refractivity contribution in [1.82, 2.24) is 10.2 Å². The number of nitrogens with one attached hydrogen (secondary N) is 1. The monoisotopic (exact) mass is 219 g/mol. The lowest BCUT2D eigenvalue weighted by Gasteiger charge is -2.07. The fourth-order valence-electron chi connectivity index (χ4n) is 1.69. The van der Waals surface area contributed by atoms with Crippen LogP contribution in [0.1, 0.15) is 24.6 Å². The Kier molecular flexibility index (Phi) is 2.87. The van der Waals surface area contributed by atoms with Gasteiger partial charge in [0.05, 0.1) is 11.2 Å². The Labute approximate surface area is 92.3 Å². The molecule has 16 heavy (non-hydrogen) atoms. The molecule has 5 nitrogen and oxygen atoms in total. The Hall–Kier alpha value is -1.88. The van der Waals surface area contributed by atoms with Gasteiger partial charge in [0.1, 0.15) is 0 Å². The second-order valence-electron chi connectivity index (χ2n) is 3.69. The maximum absolute atomic E-state index is 10.5. The molecule has 0 bridgehead atoms. The van der Waals surface area contributed by atoms with Gasteiger partial charge in [-0.3, -0.25) is 9.89 Å². The first kappa shape index (κ1) is 10.6. The number of hydrogen-bond acceptors (Lipinski definition) is 3. The van der Waals surface area contributed by atoms with Crippen molar-refractivity contribution >= 4 is 16.9 Å². The lowest BCUT2D eigenvalue weighted by Crippen LogP contribution is -2.13. The normalized spacial score (nSPS) is 12.8. The van der Waals surface area contributed by atoms with Crippen molar-refractivity contribution in [3.8, 4) is 0 Å². The third-order valence-electron chi connectivity index (χ3n) is 2.53. The van der Waals surface area contributed by atoms with Gasteiger partial charge in [-0.1, -0.05) is 18.2 Å². The quantitative estimate of drug-likeness (QED) is 0.725. The van der Waals surface area contributed by atoms with Crippen molar-refractivity contribution in [2.75, 3.05) is 0 Å².